The fourth-order valence-corrected chi connectivity index (χ4v) is 21.4. The molecule has 27 aromatic rings. The van der Waals surface area contributed by atoms with Crippen LogP contribution in [0.25, 0.3) is 227 Å². The van der Waals surface area contributed by atoms with E-state index in [4.69, 9.17) is 9.97 Å². The topological polar surface area (TPSA) is 102 Å². The van der Waals surface area contributed by atoms with E-state index in [1.165, 1.54) is 146 Å². The van der Waals surface area contributed by atoms with Gasteiger partial charge in [-0.2, -0.15) is 0 Å². The minimum absolute atomic E-state index is 0.732. The van der Waals surface area contributed by atoms with Gasteiger partial charge in [0.05, 0.1) is 78.8 Å². The maximum atomic E-state index is 4.77. The summed E-state index contributed by atoms with van der Waals surface area (Å²) in [6, 6.07) is 142. The highest BCUT2D eigenvalue weighted by molar-refractivity contribution is 7.21. The smallest absolute Gasteiger partial charge is 0.156 e. The minimum Gasteiger partial charge on any atom is -0.316 e. The quantitative estimate of drug-likeness (QED) is 0.134. The Bertz CT molecular complexity index is 9550. The van der Waals surface area contributed by atoms with Crippen molar-refractivity contribution in [2.75, 3.05) is 0 Å². The monoisotopic (exact) mass is 1750 g/mol. The van der Waals surface area contributed by atoms with Crippen LogP contribution in [0.4, 0.5) is 0 Å². The lowest BCUT2D eigenvalue weighted by atomic mass is 10.0. The first-order valence-corrected chi connectivity index (χ1v) is 46.1. The van der Waals surface area contributed by atoms with Crippen molar-refractivity contribution in [2.45, 2.75) is 0 Å². The van der Waals surface area contributed by atoms with Crippen LogP contribution in [0.2, 0.25) is 0 Å². The van der Waals surface area contributed by atoms with Gasteiger partial charge in [0, 0.05) is 173 Å². The zero-order valence-corrected chi connectivity index (χ0v) is 74.0. The average Bonchev–Trinajstić information content (AvgIpc) is 1.57. The van der Waals surface area contributed by atoms with Gasteiger partial charge in [-0.1, -0.05) is 286 Å². The zero-order chi connectivity index (χ0) is 89.6. The van der Waals surface area contributed by atoms with Crippen LogP contribution in [0.3, 0.4) is 0 Å². The first-order chi connectivity index (χ1) is 66.9. The van der Waals surface area contributed by atoms with Crippen molar-refractivity contribution in [1.29, 1.82) is 0 Å². The van der Waals surface area contributed by atoms with Crippen LogP contribution in [0.5, 0.6) is 0 Å². The third-order valence-electron chi connectivity index (χ3n) is 26.3. The Morgan fingerprint density at radius 3 is 1.27 bits per heavy atom. The summed E-state index contributed by atoms with van der Waals surface area (Å²) < 4.78 is 19.7. The van der Waals surface area contributed by atoms with E-state index in [0.717, 1.165) is 83.3 Å². The molecule has 28 rings (SSSR count). The van der Waals surface area contributed by atoms with Crippen LogP contribution in [0, 0.1) is 0 Å². The molecule has 14 heteroatoms. The van der Waals surface area contributed by atoms with E-state index in [1.807, 2.05) is 90.9 Å². The second-order valence-corrected chi connectivity index (χ2v) is 34.9. The molecule has 2 N–H and O–H groups in total. The summed E-state index contributed by atoms with van der Waals surface area (Å²) in [5.41, 5.74) is 29.8. The lowest BCUT2D eigenvalue weighted by Crippen LogP contribution is -2.45. The first-order valence-electron chi connectivity index (χ1n) is 45.3. The zero-order valence-electron chi connectivity index (χ0n) is 73.2. The van der Waals surface area contributed by atoms with Gasteiger partial charge in [0.1, 0.15) is 10.8 Å². The van der Waals surface area contributed by atoms with Crippen molar-refractivity contribution in [1.82, 2.24) is 62.3 Å². The lowest BCUT2D eigenvalue weighted by molar-refractivity contribution is 0.777. The molecule has 12 heterocycles. The summed E-state index contributed by atoms with van der Waals surface area (Å²) in [6.07, 6.45) is 22.0. The summed E-state index contributed by atoms with van der Waals surface area (Å²) in [4.78, 5) is 14.0. The number of hydrazine groups is 1. The second kappa shape index (κ2) is 33.1. The largest absolute Gasteiger partial charge is 0.316 e. The van der Waals surface area contributed by atoms with E-state index < -0.39 is 0 Å². The molecule has 0 saturated carbocycles. The predicted molar refractivity (Wildman–Crippen MR) is 563 cm³/mol. The number of nitrogens with one attached hydrogen (secondary N) is 2. The van der Waals surface area contributed by atoms with Gasteiger partial charge < -0.3 is 32.8 Å². The highest BCUT2D eigenvalue weighted by Gasteiger charge is 2.25. The van der Waals surface area contributed by atoms with Crippen molar-refractivity contribution in [3.63, 3.8) is 0 Å². The van der Waals surface area contributed by atoms with E-state index in [0.29, 0.717) is 0 Å². The number of hydrogen-bond donors (Lipinski definition) is 2. The molecule has 13 nitrogen and oxygen atoms in total. The van der Waals surface area contributed by atoms with Gasteiger partial charge in [-0.3, -0.25) is 24.5 Å². The van der Waals surface area contributed by atoms with Crippen molar-refractivity contribution < 1.29 is 0 Å². The van der Waals surface area contributed by atoms with Gasteiger partial charge in [0.25, 0.3) is 0 Å². The van der Waals surface area contributed by atoms with Crippen molar-refractivity contribution >= 4 is 177 Å². The Kier molecular flexibility index (Phi) is 19.4. The predicted octanol–water partition coefficient (Wildman–Crippen LogP) is 26.5. The molecular formula is C121H83N13S. The molecule has 0 unspecified atom stereocenters. The molecule has 16 aromatic carbocycles. The summed E-state index contributed by atoms with van der Waals surface area (Å²) >= 11 is 1.85. The molecule has 0 aliphatic carbocycles. The van der Waals surface area contributed by atoms with E-state index >= 15 is 0 Å². The van der Waals surface area contributed by atoms with Gasteiger partial charge in [0.2, 0.25) is 0 Å². The number of rotatable bonds is 11. The maximum absolute atomic E-state index is 4.77. The molecule has 1 aliphatic heterocycles. The molecule has 0 bridgehead atoms. The van der Waals surface area contributed by atoms with Crippen LogP contribution >= 0.6 is 11.3 Å². The van der Waals surface area contributed by atoms with Gasteiger partial charge in [-0.25, -0.2) is 4.98 Å². The van der Waals surface area contributed by atoms with Gasteiger partial charge in [-0.15, -0.1) is 11.3 Å². The number of para-hydroxylation sites is 7. The number of allylic oxidation sites excluding steroid dienone is 1. The van der Waals surface area contributed by atoms with Crippen LogP contribution in [0.15, 0.2) is 463 Å². The second-order valence-electron chi connectivity index (χ2n) is 33.9. The Hall–Kier alpha value is -18.1. The number of fused-ring (bicyclic) bond motifs is 21. The number of thiophene rings is 1. The summed E-state index contributed by atoms with van der Waals surface area (Å²) in [6.45, 7) is 8.39. The molecule has 11 aromatic heterocycles. The third-order valence-corrected chi connectivity index (χ3v) is 27.4. The summed E-state index contributed by atoms with van der Waals surface area (Å²) in [5, 5.41) is 22.8. The van der Waals surface area contributed by atoms with Gasteiger partial charge in [0.15, 0.2) is 5.82 Å². The number of pyridine rings is 1. The first kappa shape index (κ1) is 79.1. The van der Waals surface area contributed by atoms with Crippen LogP contribution in [0.1, 0.15) is 0 Å². The lowest BCUT2D eigenvalue weighted by Gasteiger charge is -2.18. The Balaban J connectivity index is 0.0000000963. The van der Waals surface area contributed by atoms with Crippen molar-refractivity contribution in [3.05, 3.63) is 484 Å². The Labute approximate surface area is 779 Å². The van der Waals surface area contributed by atoms with E-state index in [2.05, 4.69) is 454 Å². The van der Waals surface area contributed by atoms with Crippen molar-refractivity contribution in [2.24, 2.45) is 0 Å². The van der Waals surface area contributed by atoms with Crippen LogP contribution in [-0.4, -0.2) is 51.5 Å². The Morgan fingerprint density at radius 2 is 0.748 bits per heavy atom. The molecule has 0 radical (unpaired) electrons. The van der Waals surface area contributed by atoms with E-state index in [9.17, 15) is 0 Å². The van der Waals surface area contributed by atoms with Crippen molar-refractivity contribution in [3.8, 4) is 61.6 Å². The average molecular weight is 1750 g/mol. The maximum Gasteiger partial charge on any atom is 0.156 e. The molecule has 135 heavy (non-hydrogen) atoms. The van der Waals surface area contributed by atoms with E-state index in [1.54, 1.807) is 0 Å². The van der Waals surface area contributed by atoms with Gasteiger partial charge >= 0.3 is 0 Å². The van der Waals surface area contributed by atoms with Gasteiger partial charge in [-0.05, 0) is 156 Å². The molecule has 1 aliphatic rings. The number of aromatic nitrogens is 11. The van der Waals surface area contributed by atoms with Crippen LogP contribution < -0.4 is 31.9 Å². The normalized spacial score (nSPS) is 12.1. The molecule has 638 valence electrons. The molecule has 0 saturated heterocycles. The fraction of sp³-hybridized carbons (Fsp3) is 0. The van der Waals surface area contributed by atoms with E-state index in [-0.39, 0.29) is 0 Å². The summed E-state index contributed by atoms with van der Waals surface area (Å²) in [7, 11) is 0. The molecule has 0 amide bonds. The molecule has 0 fully saturated rings. The third kappa shape index (κ3) is 13.4. The SMILES string of the molecule is C1=c2ccccc2=C(n2c3ccccc3c3c4c(ccc32)ccn4-c2ccccc2)NN1.C=C/C=c1\c(=C)n(-c2cnc(-c3ccccc3)cn2)c2ccc3ccn(-c4ccccc4)c3c12.c1ccc(-n2ccc3ccc4c(c5ccccc5n4-c4cc5ccccc5s4)c32)cc1.c1ccc(-n2ccc3ccc4c(c5ccccc5n4-c4ccc(-c5cncc6ccccc56)cc4)c32)cc1. The number of nitrogens with zero attached hydrogens (tertiary/aromatic N) is 11. The number of benzene rings is 16. The standard InChI is InChI=1S/C35H23N3.C30H22N4.C28H20N4.C28H18N2S/c1-2-9-27(10-3-1)37-21-20-25-16-19-33-34(35(25)37)30-12-6-7-13-32(30)38(33)28-17-14-24(15-18-28)31-23-36-22-26-8-4-5-11-29(26)31;1-3-10-25-21(2)34(28-20-31-26(19-32-28)22-11-6-4-7-12-22)27-16-15-23-17-18-33(30(23)29(25)27)24-13-8-5-9-14-24;1-2-9-21(10-3-1)31-17-16-19-14-15-25-26(27(19)31)23-12-6-7-13-24(23)32(25)28-22-11-5-4-8-20(22)18-29-30-28;1-2-9-21(10-3-1)29-17-16-19-14-15-24-27(28(19)29)22-11-5-6-12-23(22)30(24)26-18-20-8-4-7-13-25(20)31-26/h1-23H;3-20H,1-2H2;1-18,29-30H;1-18H/b;25-10+;;. The Morgan fingerprint density at radius 1 is 0.311 bits per heavy atom. The molecule has 0 spiro atoms. The fourth-order valence-electron chi connectivity index (χ4n) is 20.3. The molecular weight excluding hydrogens is 1670 g/mol. The minimum atomic E-state index is 0.732. The number of hydrogen-bond acceptors (Lipinski definition) is 6. The molecule has 0 atom stereocenters. The highest BCUT2D eigenvalue weighted by Crippen LogP contribution is 2.44. The summed E-state index contributed by atoms with van der Waals surface area (Å²) in [5.74, 6) is 1.77. The van der Waals surface area contributed by atoms with Crippen LogP contribution in [-0.2, 0) is 0 Å². The highest BCUT2D eigenvalue weighted by atomic mass is 32.1.